The highest BCUT2D eigenvalue weighted by Crippen LogP contribution is 2.20. The molecular formula is C14H20O8S. The van der Waals surface area contributed by atoms with Gasteiger partial charge in [-0.2, -0.15) is 0 Å². The molecule has 1 aromatic carbocycles. The molecule has 23 heavy (non-hydrogen) atoms. The van der Waals surface area contributed by atoms with Crippen LogP contribution in [0.5, 0.6) is 0 Å². The van der Waals surface area contributed by atoms with Crippen molar-refractivity contribution in [1.29, 1.82) is 0 Å². The summed E-state index contributed by atoms with van der Waals surface area (Å²) < 4.78 is 34.1. The summed E-state index contributed by atoms with van der Waals surface area (Å²) in [5.74, 6) is -0.641. The lowest BCUT2D eigenvalue weighted by Gasteiger charge is -2.38. The van der Waals surface area contributed by atoms with E-state index in [0.29, 0.717) is 0 Å². The summed E-state index contributed by atoms with van der Waals surface area (Å²) in [6.45, 7) is 1.47. The fourth-order valence-corrected chi connectivity index (χ4v) is 3.16. The van der Waals surface area contributed by atoms with Crippen molar-refractivity contribution in [3.05, 3.63) is 29.8 Å². The third kappa shape index (κ3) is 4.27. The van der Waals surface area contributed by atoms with Crippen LogP contribution in [0.4, 0.5) is 0 Å². The predicted molar refractivity (Wildman–Crippen MR) is 78.1 cm³/mol. The Morgan fingerprint density at radius 1 is 1.04 bits per heavy atom. The van der Waals surface area contributed by atoms with Gasteiger partial charge >= 0.3 is 0 Å². The zero-order valence-electron chi connectivity index (χ0n) is 12.4. The smallest absolute Gasteiger partial charge is 0.202 e. The van der Waals surface area contributed by atoms with Gasteiger partial charge in [-0.1, -0.05) is 17.7 Å². The molecule has 1 aliphatic rings. The van der Waals surface area contributed by atoms with Gasteiger partial charge in [0.15, 0.2) is 12.2 Å². The van der Waals surface area contributed by atoms with E-state index in [-0.39, 0.29) is 11.5 Å². The van der Waals surface area contributed by atoms with Crippen LogP contribution in [0.3, 0.4) is 0 Å². The Kier molecular flexibility index (Phi) is 5.74. The Morgan fingerprint density at radius 2 is 1.65 bits per heavy atom. The molecule has 130 valence electrons. The second-order valence-electron chi connectivity index (χ2n) is 5.45. The molecule has 1 aromatic rings. The number of aryl methyl sites for hydroxylation is 1. The third-order valence-electron chi connectivity index (χ3n) is 3.59. The fraction of sp³-hybridized carbons (Fsp3) is 0.571. The van der Waals surface area contributed by atoms with E-state index in [9.17, 15) is 28.8 Å². The number of benzene rings is 1. The van der Waals surface area contributed by atoms with E-state index in [1.165, 1.54) is 12.1 Å². The first-order chi connectivity index (χ1) is 10.7. The number of ether oxygens (including phenoxy) is 2. The molecule has 0 amide bonds. The van der Waals surface area contributed by atoms with E-state index in [1.807, 2.05) is 6.92 Å². The van der Waals surface area contributed by atoms with Crippen molar-refractivity contribution in [3.8, 4) is 0 Å². The fourth-order valence-electron chi connectivity index (χ4n) is 2.16. The van der Waals surface area contributed by atoms with E-state index in [1.54, 1.807) is 12.1 Å². The summed E-state index contributed by atoms with van der Waals surface area (Å²) >= 11 is 0. The first-order valence-corrected chi connectivity index (χ1v) is 8.62. The second-order valence-corrected chi connectivity index (χ2v) is 7.39. The Hall–Kier alpha value is -1.07. The SMILES string of the molecule is Cc1ccc(S(=O)(=O)COC[C@H]2O[C@H](O)[C@H](O)[C@@H](O)[C@@H]2O)cc1. The summed E-state index contributed by atoms with van der Waals surface area (Å²) in [6, 6.07) is 6.25. The molecule has 0 spiro atoms. The van der Waals surface area contributed by atoms with Gasteiger partial charge in [0.05, 0.1) is 11.5 Å². The lowest BCUT2D eigenvalue weighted by molar-refractivity contribution is -0.288. The highest BCUT2D eigenvalue weighted by Gasteiger charge is 2.43. The van der Waals surface area contributed by atoms with Gasteiger partial charge in [-0.15, -0.1) is 0 Å². The van der Waals surface area contributed by atoms with Gasteiger partial charge in [-0.3, -0.25) is 0 Å². The molecule has 0 aromatic heterocycles. The van der Waals surface area contributed by atoms with E-state index in [4.69, 9.17) is 9.47 Å². The van der Waals surface area contributed by atoms with Crippen LogP contribution >= 0.6 is 0 Å². The predicted octanol–water partition coefficient (Wildman–Crippen LogP) is -1.46. The highest BCUT2D eigenvalue weighted by atomic mass is 32.2. The molecule has 0 saturated carbocycles. The lowest BCUT2D eigenvalue weighted by Crippen LogP contribution is -2.58. The summed E-state index contributed by atoms with van der Waals surface area (Å²) in [5.41, 5.74) is 0.921. The van der Waals surface area contributed by atoms with Crippen molar-refractivity contribution in [2.45, 2.75) is 42.5 Å². The summed E-state index contributed by atoms with van der Waals surface area (Å²) in [6.07, 6.45) is -7.60. The standard InChI is InChI=1S/C14H20O8S/c1-8-2-4-9(5-3-8)23(19,20)7-21-6-10-11(15)12(16)13(17)14(18)22-10/h2-5,10-18H,6-7H2,1H3/t10-,11-,12+,13-,14+/m1/s1. The Bertz CT molecular complexity index is 614. The normalized spacial score (nSPS) is 32.0. The average molecular weight is 348 g/mol. The molecule has 8 nitrogen and oxygen atoms in total. The van der Waals surface area contributed by atoms with Crippen LogP contribution in [0.15, 0.2) is 29.2 Å². The maximum Gasteiger partial charge on any atom is 0.202 e. The molecule has 5 atom stereocenters. The summed E-state index contributed by atoms with van der Waals surface area (Å²) in [7, 11) is -3.67. The molecule has 0 unspecified atom stereocenters. The van der Waals surface area contributed by atoms with Crippen molar-refractivity contribution in [2.75, 3.05) is 12.5 Å². The average Bonchev–Trinajstić information content (AvgIpc) is 2.50. The van der Waals surface area contributed by atoms with E-state index >= 15 is 0 Å². The quantitative estimate of drug-likeness (QED) is 0.507. The molecule has 9 heteroatoms. The van der Waals surface area contributed by atoms with E-state index in [2.05, 4.69) is 0 Å². The van der Waals surface area contributed by atoms with Crippen LogP contribution in [-0.4, -0.2) is 72.1 Å². The van der Waals surface area contributed by atoms with Gasteiger partial charge in [0.1, 0.15) is 24.4 Å². The summed E-state index contributed by atoms with van der Waals surface area (Å²) in [4.78, 5) is 0.101. The zero-order chi connectivity index (χ0) is 17.2. The molecular weight excluding hydrogens is 328 g/mol. The Morgan fingerprint density at radius 3 is 2.26 bits per heavy atom. The number of aliphatic hydroxyl groups is 4. The third-order valence-corrected chi connectivity index (χ3v) is 5.06. The Balaban J connectivity index is 1.92. The first-order valence-electron chi connectivity index (χ1n) is 6.97. The van der Waals surface area contributed by atoms with Crippen molar-refractivity contribution >= 4 is 9.84 Å². The molecule has 0 bridgehead atoms. The van der Waals surface area contributed by atoms with Crippen LogP contribution in [0.2, 0.25) is 0 Å². The van der Waals surface area contributed by atoms with Gasteiger partial charge in [-0.25, -0.2) is 8.42 Å². The minimum absolute atomic E-state index is 0.101. The van der Waals surface area contributed by atoms with E-state index < -0.39 is 46.5 Å². The second kappa shape index (κ2) is 7.22. The molecule has 4 N–H and O–H groups in total. The molecule has 2 rings (SSSR count). The monoisotopic (exact) mass is 348 g/mol. The first kappa shape index (κ1) is 18.3. The minimum Gasteiger partial charge on any atom is -0.387 e. The van der Waals surface area contributed by atoms with Crippen LogP contribution in [0.25, 0.3) is 0 Å². The number of rotatable bonds is 5. The number of hydrogen-bond donors (Lipinski definition) is 4. The zero-order valence-corrected chi connectivity index (χ0v) is 13.3. The number of hydrogen-bond acceptors (Lipinski definition) is 8. The molecule has 1 saturated heterocycles. The van der Waals surface area contributed by atoms with Gasteiger partial charge in [0.2, 0.25) is 9.84 Å². The Labute approximate surface area is 133 Å². The number of sulfone groups is 1. The van der Waals surface area contributed by atoms with Crippen molar-refractivity contribution in [2.24, 2.45) is 0 Å². The summed E-state index contributed by atoms with van der Waals surface area (Å²) in [5, 5.41) is 38.0. The van der Waals surface area contributed by atoms with Crippen LogP contribution < -0.4 is 0 Å². The van der Waals surface area contributed by atoms with Crippen molar-refractivity contribution in [3.63, 3.8) is 0 Å². The van der Waals surface area contributed by atoms with Crippen molar-refractivity contribution < 1.29 is 38.3 Å². The topological polar surface area (TPSA) is 134 Å². The molecule has 1 fully saturated rings. The molecule has 1 heterocycles. The lowest BCUT2D eigenvalue weighted by atomic mass is 9.99. The van der Waals surface area contributed by atoms with Gasteiger partial charge in [-0.05, 0) is 19.1 Å². The maximum atomic E-state index is 12.1. The molecule has 0 aliphatic carbocycles. The van der Waals surface area contributed by atoms with Crippen LogP contribution in [0.1, 0.15) is 5.56 Å². The maximum absolute atomic E-state index is 12.1. The van der Waals surface area contributed by atoms with E-state index in [0.717, 1.165) is 5.56 Å². The minimum atomic E-state index is -3.67. The van der Waals surface area contributed by atoms with Crippen molar-refractivity contribution in [1.82, 2.24) is 0 Å². The molecule has 0 radical (unpaired) electrons. The number of aliphatic hydroxyl groups excluding tert-OH is 4. The largest absolute Gasteiger partial charge is 0.387 e. The van der Waals surface area contributed by atoms with Crippen LogP contribution in [0, 0.1) is 6.92 Å². The van der Waals surface area contributed by atoms with Gasteiger partial charge < -0.3 is 29.9 Å². The van der Waals surface area contributed by atoms with Gasteiger partial charge in [0, 0.05) is 0 Å². The van der Waals surface area contributed by atoms with Crippen LogP contribution in [-0.2, 0) is 19.3 Å². The van der Waals surface area contributed by atoms with Gasteiger partial charge in [0.25, 0.3) is 0 Å². The highest BCUT2D eigenvalue weighted by molar-refractivity contribution is 7.91. The molecule has 1 aliphatic heterocycles.